The van der Waals surface area contributed by atoms with Crippen LogP contribution < -0.4 is 9.54 Å². The fraction of sp³-hybridized carbons (Fsp3) is 0.100. The minimum atomic E-state index is -2.87. The van der Waals surface area contributed by atoms with Crippen molar-refractivity contribution in [1.29, 1.82) is 0 Å². The monoisotopic (exact) mass is 403 g/mol. The van der Waals surface area contributed by atoms with Gasteiger partial charge in [-0.25, -0.2) is 9.07 Å². The van der Waals surface area contributed by atoms with Crippen LogP contribution >= 0.6 is 11.3 Å². The van der Waals surface area contributed by atoms with Crippen LogP contribution in [0.5, 0.6) is 5.75 Å². The molecule has 0 aliphatic rings. The third kappa shape index (κ3) is 4.98. The summed E-state index contributed by atoms with van der Waals surface area (Å²) in [6.07, 6.45) is 3.26. The molecule has 0 fully saturated rings. The van der Waals surface area contributed by atoms with E-state index in [0.29, 0.717) is 11.3 Å². The first kappa shape index (κ1) is 19.6. The number of halogens is 3. The lowest BCUT2D eigenvalue weighted by molar-refractivity contribution is -0.0498. The highest BCUT2D eigenvalue weighted by atomic mass is 32.1. The summed E-state index contributed by atoms with van der Waals surface area (Å²) >= 11 is 1.39. The Morgan fingerprint density at radius 2 is 1.82 bits per heavy atom. The van der Waals surface area contributed by atoms with Crippen LogP contribution in [-0.2, 0) is 0 Å². The first-order valence-corrected chi connectivity index (χ1v) is 9.12. The topological polar surface area (TPSA) is 38.9 Å². The molecule has 144 valence electrons. The molecular formula is C20H16F3N3OS. The fourth-order valence-electron chi connectivity index (χ4n) is 2.34. The van der Waals surface area contributed by atoms with Crippen LogP contribution in [0.2, 0.25) is 0 Å². The van der Waals surface area contributed by atoms with Gasteiger partial charge in [0.05, 0.1) is 18.5 Å². The number of thiazole rings is 1. The molecule has 0 unspecified atom stereocenters. The molecule has 8 heteroatoms. The maximum absolute atomic E-state index is 13.1. The summed E-state index contributed by atoms with van der Waals surface area (Å²) in [7, 11) is 0. The molecule has 0 aliphatic heterocycles. The Morgan fingerprint density at radius 1 is 1.11 bits per heavy atom. The number of benzene rings is 2. The van der Waals surface area contributed by atoms with Gasteiger partial charge in [0.1, 0.15) is 11.6 Å². The maximum atomic E-state index is 13.1. The van der Waals surface area contributed by atoms with E-state index in [1.165, 1.54) is 35.6 Å². The Balaban J connectivity index is 1.98. The Hall–Kier alpha value is -3.13. The predicted molar refractivity (Wildman–Crippen MR) is 104 cm³/mol. The molecule has 2 aromatic carbocycles. The second kappa shape index (κ2) is 9.18. The van der Waals surface area contributed by atoms with Crippen LogP contribution in [0.4, 0.5) is 13.2 Å². The largest absolute Gasteiger partial charge is 0.435 e. The number of hydrogen-bond donors (Lipinski definition) is 0. The number of nitrogens with zero attached hydrogens (tertiary/aromatic N) is 3. The van der Waals surface area contributed by atoms with Crippen molar-refractivity contribution < 1.29 is 17.9 Å². The first-order chi connectivity index (χ1) is 13.6. The lowest BCUT2D eigenvalue weighted by Crippen LogP contribution is -2.12. The fourth-order valence-corrected chi connectivity index (χ4v) is 3.19. The van der Waals surface area contributed by atoms with Crippen molar-refractivity contribution in [2.45, 2.75) is 6.61 Å². The lowest BCUT2D eigenvalue weighted by Gasteiger charge is -2.06. The molecule has 1 heterocycles. The summed E-state index contributed by atoms with van der Waals surface area (Å²) < 4.78 is 43.7. The van der Waals surface area contributed by atoms with Gasteiger partial charge >= 0.3 is 6.61 Å². The highest BCUT2D eigenvalue weighted by molar-refractivity contribution is 7.07. The van der Waals surface area contributed by atoms with Gasteiger partial charge in [0, 0.05) is 10.9 Å². The summed E-state index contributed by atoms with van der Waals surface area (Å²) in [4.78, 5) is 5.06. The summed E-state index contributed by atoms with van der Waals surface area (Å²) in [6, 6.07) is 12.2. The molecule has 3 aromatic rings. The average Bonchev–Trinajstić information content (AvgIpc) is 3.09. The second-order valence-electron chi connectivity index (χ2n) is 5.54. The van der Waals surface area contributed by atoms with E-state index in [4.69, 9.17) is 0 Å². The van der Waals surface area contributed by atoms with Gasteiger partial charge in [0.15, 0.2) is 0 Å². The van der Waals surface area contributed by atoms with Gasteiger partial charge in [-0.3, -0.25) is 4.99 Å². The maximum Gasteiger partial charge on any atom is 0.387 e. The lowest BCUT2D eigenvalue weighted by atomic mass is 10.2. The molecule has 28 heavy (non-hydrogen) atoms. The van der Waals surface area contributed by atoms with E-state index in [-0.39, 0.29) is 11.6 Å². The van der Waals surface area contributed by atoms with Gasteiger partial charge in [0.25, 0.3) is 0 Å². The van der Waals surface area contributed by atoms with Gasteiger partial charge in [-0.05, 0) is 42.0 Å². The minimum absolute atomic E-state index is 0.0758. The van der Waals surface area contributed by atoms with Crippen molar-refractivity contribution in [3.8, 4) is 17.0 Å². The molecule has 4 nitrogen and oxygen atoms in total. The molecule has 0 radical (unpaired) electrons. The zero-order valence-corrected chi connectivity index (χ0v) is 15.5. The molecule has 0 bridgehead atoms. The number of ether oxygens (including phenoxy) is 1. The van der Waals surface area contributed by atoms with E-state index in [1.807, 2.05) is 5.38 Å². The zero-order chi connectivity index (χ0) is 19.9. The number of aromatic nitrogens is 1. The summed E-state index contributed by atoms with van der Waals surface area (Å²) in [6.45, 7) is 1.21. The standard InChI is InChI=1S/C20H16F3N3OS/c1-2-11-24-20-26(25-12-14-3-7-16(21)8-4-14)18(13-28-20)15-5-9-17(10-6-15)27-19(22)23/h2-10,12-13,19H,1,11H2/b24-20?,25-12-. The third-order valence-electron chi connectivity index (χ3n) is 3.61. The van der Waals surface area contributed by atoms with Crippen molar-refractivity contribution in [2.24, 2.45) is 10.1 Å². The van der Waals surface area contributed by atoms with E-state index < -0.39 is 6.61 Å². The Bertz CT molecular complexity index is 1020. The number of hydrogen-bond acceptors (Lipinski definition) is 4. The highest BCUT2D eigenvalue weighted by Crippen LogP contribution is 2.24. The molecular weight excluding hydrogens is 387 g/mol. The minimum Gasteiger partial charge on any atom is -0.435 e. The molecule has 0 saturated heterocycles. The van der Waals surface area contributed by atoms with Crippen molar-refractivity contribution in [3.05, 3.63) is 82.7 Å². The van der Waals surface area contributed by atoms with Gasteiger partial charge in [-0.2, -0.15) is 13.9 Å². The SMILES string of the molecule is C=CCN=c1scc(-c2ccc(OC(F)F)cc2)n1/N=C\c1ccc(F)cc1. The van der Waals surface area contributed by atoms with E-state index in [0.717, 1.165) is 16.8 Å². The van der Waals surface area contributed by atoms with Crippen LogP contribution in [0.15, 0.2) is 76.7 Å². The molecule has 3 rings (SSSR count). The number of alkyl halides is 2. The van der Waals surface area contributed by atoms with Crippen molar-refractivity contribution >= 4 is 17.6 Å². The molecule has 0 aliphatic carbocycles. The van der Waals surface area contributed by atoms with E-state index in [9.17, 15) is 13.2 Å². The Labute approximate surface area is 163 Å². The van der Waals surface area contributed by atoms with Gasteiger partial charge in [0.2, 0.25) is 4.80 Å². The molecule has 0 saturated carbocycles. The molecule has 1 aromatic heterocycles. The first-order valence-electron chi connectivity index (χ1n) is 8.24. The summed E-state index contributed by atoms with van der Waals surface area (Å²) in [5.41, 5.74) is 2.21. The Kier molecular flexibility index (Phi) is 6.44. The highest BCUT2D eigenvalue weighted by Gasteiger charge is 2.09. The van der Waals surface area contributed by atoms with Crippen LogP contribution in [0, 0.1) is 5.82 Å². The van der Waals surface area contributed by atoms with E-state index in [2.05, 4.69) is 21.4 Å². The van der Waals surface area contributed by atoms with Gasteiger partial charge < -0.3 is 4.74 Å². The summed E-state index contributed by atoms with van der Waals surface area (Å²) in [5.74, 6) is -0.249. The van der Waals surface area contributed by atoms with Crippen LogP contribution in [0.25, 0.3) is 11.3 Å². The van der Waals surface area contributed by atoms with Crippen molar-refractivity contribution in [3.63, 3.8) is 0 Å². The molecule has 0 spiro atoms. The normalized spacial score (nSPS) is 12.1. The molecule has 0 atom stereocenters. The van der Waals surface area contributed by atoms with E-state index >= 15 is 0 Å². The number of rotatable bonds is 7. The molecule has 0 amide bonds. The third-order valence-corrected chi connectivity index (χ3v) is 4.46. The Morgan fingerprint density at radius 3 is 2.46 bits per heavy atom. The van der Waals surface area contributed by atoms with E-state index in [1.54, 1.807) is 41.2 Å². The quantitative estimate of drug-likeness (QED) is 0.407. The van der Waals surface area contributed by atoms with Crippen molar-refractivity contribution in [2.75, 3.05) is 6.54 Å². The zero-order valence-electron chi connectivity index (χ0n) is 14.6. The summed E-state index contributed by atoms with van der Waals surface area (Å²) in [5, 5.41) is 6.33. The van der Waals surface area contributed by atoms with Crippen LogP contribution in [-0.4, -0.2) is 24.0 Å². The van der Waals surface area contributed by atoms with Gasteiger partial charge in [-0.15, -0.1) is 17.9 Å². The second-order valence-corrected chi connectivity index (χ2v) is 6.38. The smallest absolute Gasteiger partial charge is 0.387 e. The van der Waals surface area contributed by atoms with Crippen LogP contribution in [0.3, 0.4) is 0 Å². The average molecular weight is 403 g/mol. The van der Waals surface area contributed by atoms with Gasteiger partial charge in [-0.1, -0.05) is 18.2 Å². The van der Waals surface area contributed by atoms with Crippen molar-refractivity contribution in [1.82, 2.24) is 4.68 Å². The van der Waals surface area contributed by atoms with Crippen LogP contribution in [0.1, 0.15) is 5.56 Å². The molecule has 0 N–H and O–H groups in total. The predicted octanol–water partition coefficient (Wildman–Crippen LogP) is 4.93.